The van der Waals surface area contributed by atoms with Crippen LogP contribution in [0.2, 0.25) is 0 Å². The smallest absolute Gasteiger partial charge is 0.251 e. The van der Waals surface area contributed by atoms with Gasteiger partial charge in [0.1, 0.15) is 5.75 Å². The Morgan fingerprint density at radius 1 is 1.10 bits per heavy atom. The van der Waals surface area contributed by atoms with Gasteiger partial charge in [0.25, 0.3) is 5.91 Å². The van der Waals surface area contributed by atoms with E-state index in [2.05, 4.69) is 21.2 Å². The van der Waals surface area contributed by atoms with Gasteiger partial charge in [-0.2, -0.15) is 0 Å². The molecule has 2 rings (SSSR count). The summed E-state index contributed by atoms with van der Waals surface area (Å²) >= 11 is 3.38. The number of ether oxygens (including phenoxy) is 1. The second kappa shape index (κ2) is 7.10. The molecule has 4 heteroatoms. The van der Waals surface area contributed by atoms with Crippen LogP contribution in [0.15, 0.2) is 53.0 Å². The molecule has 20 heavy (non-hydrogen) atoms. The third-order valence-corrected chi connectivity index (χ3v) is 3.32. The van der Waals surface area contributed by atoms with Crippen molar-refractivity contribution in [3.63, 3.8) is 0 Å². The molecule has 0 unspecified atom stereocenters. The van der Waals surface area contributed by atoms with Crippen LogP contribution < -0.4 is 10.1 Å². The standard InChI is InChI=1S/C16H16BrNO2/c1-2-20-15-9-5-13(6-10-15)16(19)18-11-12-3-7-14(17)8-4-12/h3-10H,2,11H2,1H3,(H,18,19). The first-order valence-electron chi connectivity index (χ1n) is 6.44. The van der Waals surface area contributed by atoms with Crippen molar-refractivity contribution in [1.82, 2.24) is 5.32 Å². The van der Waals surface area contributed by atoms with Crippen LogP contribution in [-0.4, -0.2) is 12.5 Å². The van der Waals surface area contributed by atoms with E-state index in [1.807, 2.05) is 31.2 Å². The van der Waals surface area contributed by atoms with Gasteiger partial charge in [-0.3, -0.25) is 4.79 Å². The first-order valence-corrected chi connectivity index (χ1v) is 7.24. The third kappa shape index (κ3) is 4.10. The number of amides is 1. The molecule has 0 bridgehead atoms. The first kappa shape index (κ1) is 14.6. The number of hydrogen-bond donors (Lipinski definition) is 1. The van der Waals surface area contributed by atoms with Crippen molar-refractivity contribution in [2.24, 2.45) is 0 Å². The fourth-order valence-corrected chi connectivity index (χ4v) is 2.02. The first-order chi connectivity index (χ1) is 9.69. The topological polar surface area (TPSA) is 38.3 Å². The molecule has 104 valence electrons. The lowest BCUT2D eigenvalue weighted by Crippen LogP contribution is -2.22. The van der Waals surface area contributed by atoms with Gasteiger partial charge in [-0.1, -0.05) is 28.1 Å². The molecule has 0 fully saturated rings. The largest absolute Gasteiger partial charge is 0.494 e. The minimum absolute atomic E-state index is 0.0871. The number of rotatable bonds is 5. The van der Waals surface area contributed by atoms with Crippen LogP contribution in [0.3, 0.4) is 0 Å². The number of nitrogens with one attached hydrogen (secondary N) is 1. The summed E-state index contributed by atoms with van der Waals surface area (Å²) in [6.45, 7) is 3.06. The SMILES string of the molecule is CCOc1ccc(C(=O)NCc2ccc(Br)cc2)cc1. The van der Waals surface area contributed by atoms with Gasteiger partial charge in [0, 0.05) is 16.6 Å². The van der Waals surface area contributed by atoms with Gasteiger partial charge < -0.3 is 10.1 Å². The summed E-state index contributed by atoms with van der Waals surface area (Å²) < 4.78 is 6.37. The highest BCUT2D eigenvalue weighted by molar-refractivity contribution is 9.10. The number of hydrogen-bond acceptors (Lipinski definition) is 2. The predicted molar refractivity (Wildman–Crippen MR) is 82.9 cm³/mol. The zero-order valence-corrected chi connectivity index (χ0v) is 12.8. The maximum Gasteiger partial charge on any atom is 0.251 e. The Morgan fingerprint density at radius 2 is 1.75 bits per heavy atom. The highest BCUT2D eigenvalue weighted by atomic mass is 79.9. The van der Waals surface area contributed by atoms with Gasteiger partial charge in [-0.15, -0.1) is 0 Å². The molecule has 0 heterocycles. The van der Waals surface area contributed by atoms with Gasteiger partial charge >= 0.3 is 0 Å². The second-order valence-electron chi connectivity index (χ2n) is 4.27. The molecule has 0 atom stereocenters. The van der Waals surface area contributed by atoms with Crippen LogP contribution >= 0.6 is 15.9 Å². The van der Waals surface area contributed by atoms with E-state index < -0.39 is 0 Å². The average Bonchev–Trinajstić information content (AvgIpc) is 2.47. The van der Waals surface area contributed by atoms with E-state index in [9.17, 15) is 4.79 Å². The average molecular weight is 334 g/mol. The lowest BCUT2D eigenvalue weighted by atomic mass is 10.2. The highest BCUT2D eigenvalue weighted by Crippen LogP contribution is 2.13. The summed E-state index contributed by atoms with van der Waals surface area (Å²) in [7, 11) is 0. The Labute approximate surface area is 127 Å². The van der Waals surface area contributed by atoms with E-state index in [1.54, 1.807) is 24.3 Å². The third-order valence-electron chi connectivity index (χ3n) is 2.79. The zero-order valence-electron chi connectivity index (χ0n) is 11.2. The van der Waals surface area contributed by atoms with Crippen molar-refractivity contribution in [1.29, 1.82) is 0 Å². The number of benzene rings is 2. The molecule has 0 aliphatic carbocycles. The monoisotopic (exact) mass is 333 g/mol. The maximum atomic E-state index is 12.0. The highest BCUT2D eigenvalue weighted by Gasteiger charge is 2.05. The van der Waals surface area contributed by atoms with Gasteiger partial charge in [0.15, 0.2) is 0 Å². The van der Waals surface area contributed by atoms with Crippen LogP contribution in [-0.2, 0) is 6.54 Å². The lowest BCUT2D eigenvalue weighted by molar-refractivity contribution is 0.0951. The van der Waals surface area contributed by atoms with E-state index in [1.165, 1.54) is 0 Å². The molecule has 1 amide bonds. The molecule has 0 aliphatic heterocycles. The fourth-order valence-electron chi connectivity index (χ4n) is 1.76. The summed E-state index contributed by atoms with van der Waals surface area (Å²) in [6, 6.07) is 15.0. The molecular weight excluding hydrogens is 318 g/mol. The Morgan fingerprint density at radius 3 is 2.35 bits per heavy atom. The molecular formula is C16H16BrNO2. The van der Waals surface area contributed by atoms with Crippen molar-refractivity contribution < 1.29 is 9.53 Å². The van der Waals surface area contributed by atoms with Crippen molar-refractivity contribution in [3.05, 3.63) is 64.1 Å². The fraction of sp³-hybridized carbons (Fsp3) is 0.188. The minimum Gasteiger partial charge on any atom is -0.494 e. The van der Waals surface area contributed by atoms with Crippen LogP contribution in [0.1, 0.15) is 22.8 Å². The van der Waals surface area contributed by atoms with Crippen LogP contribution in [0, 0.1) is 0 Å². The van der Waals surface area contributed by atoms with E-state index in [4.69, 9.17) is 4.74 Å². The Balaban J connectivity index is 1.92. The summed E-state index contributed by atoms with van der Waals surface area (Å²) in [4.78, 5) is 12.0. The van der Waals surface area contributed by atoms with E-state index in [0.29, 0.717) is 18.7 Å². The normalized spacial score (nSPS) is 10.1. The quantitative estimate of drug-likeness (QED) is 0.904. The summed E-state index contributed by atoms with van der Waals surface area (Å²) in [5, 5.41) is 2.89. The number of halogens is 1. The van der Waals surface area contributed by atoms with E-state index >= 15 is 0 Å². The van der Waals surface area contributed by atoms with E-state index in [0.717, 1.165) is 15.8 Å². The van der Waals surface area contributed by atoms with Crippen LogP contribution in [0.4, 0.5) is 0 Å². The van der Waals surface area contributed by atoms with Gasteiger partial charge in [0.2, 0.25) is 0 Å². The molecule has 3 nitrogen and oxygen atoms in total. The van der Waals surface area contributed by atoms with Gasteiger partial charge in [-0.05, 0) is 48.9 Å². The van der Waals surface area contributed by atoms with Gasteiger partial charge in [0.05, 0.1) is 6.61 Å². The molecule has 0 aliphatic rings. The van der Waals surface area contributed by atoms with Crippen LogP contribution in [0.25, 0.3) is 0 Å². The Bertz CT molecular complexity index is 564. The predicted octanol–water partition coefficient (Wildman–Crippen LogP) is 3.78. The summed E-state index contributed by atoms with van der Waals surface area (Å²) in [5.74, 6) is 0.688. The van der Waals surface area contributed by atoms with Crippen LogP contribution in [0.5, 0.6) is 5.75 Å². The molecule has 1 N–H and O–H groups in total. The molecule has 2 aromatic rings. The van der Waals surface area contributed by atoms with Crippen molar-refractivity contribution in [2.75, 3.05) is 6.61 Å². The van der Waals surface area contributed by atoms with Crippen molar-refractivity contribution >= 4 is 21.8 Å². The van der Waals surface area contributed by atoms with E-state index in [-0.39, 0.29) is 5.91 Å². The van der Waals surface area contributed by atoms with Gasteiger partial charge in [-0.25, -0.2) is 0 Å². The number of carbonyl (C=O) groups excluding carboxylic acids is 1. The van der Waals surface area contributed by atoms with Crippen molar-refractivity contribution in [3.8, 4) is 5.75 Å². The molecule has 0 spiro atoms. The summed E-state index contributed by atoms with van der Waals surface area (Å²) in [5.41, 5.74) is 1.69. The molecule has 0 saturated carbocycles. The molecule has 0 saturated heterocycles. The number of carbonyl (C=O) groups is 1. The zero-order chi connectivity index (χ0) is 14.4. The van der Waals surface area contributed by atoms with Crippen molar-refractivity contribution in [2.45, 2.75) is 13.5 Å². The Hall–Kier alpha value is -1.81. The minimum atomic E-state index is -0.0871. The maximum absolute atomic E-state index is 12.0. The molecule has 2 aromatic carbocycles. The molecule has 0 aromatic heterocycles. The lowest BCUT2D eigenvalue weighted by Gasteiger charge is -2.07. The summed E-state index contributed by atoms with van der Waals surface area (Å²) in [6.07, 6.45) is 0. The Kier molecular flexibility index (Phi) is 5.18. The second-order valence-corrected chi connectivity index (χ2v) is 5.18. The molecule has 0 radical (unpaired) electrons.